The predicted molar refractivity (Wildman–Crippen MR) is 82.4 cm³/mol. The lowest BCUT2D eigenvalue weighted by Gasteiger charge is -2.17. The average molecular weight is 311 g/mol. The maximum Gasteiger partial charge on any atom is 0.135 e. The van der Waals surface area contributed by atoms with Crippen molar-refractivity contribution in [2.45, 2.75) is 13.1 Å². The molecule has 0 unspecified atom stereocenters. The van der Waals surface area contributed by atoms with E-state index < -0.39 is 0 Å². The molecule has 0 fully saturated rings. The molecule has 0 aliphatic heterocycles. The first-order chi connectivity index (χ1) is 9.58. The normalized spacial score (nSPS) is 10.8. The van der Waals surface area contributed by atoms with Gasteiger partial charge in [-0.25, -0.2) is 4.98 Å². The number of hydrogen-bond donors (Lipinski definition) is 0. The Morgan fingerprint density at radius 3 is 2.65 bits per heavy atom. The van der Waals surface area contributed by atoms with Crippen LogP contribution in [0.1, 0.15) is 11.1 Å². The third kappa shape index (κ3) is 4.10. The molecule has 1 aromatic carbocycles. The van der Waals surface area contributed by atoms with Crippen LogP contribution in [0.2, 0.25) is 10.3 Å². The van der Waals surface area contributed by atoms with Crippen LogP contribution in [0.15, 0.2) is 36.4 Å². The molecule has 0 atom stereocenters. The molecule has 2 rings (SSSR count). The van der Waals surface area contributed by atoms with E-state index in [-0.39, 0.29) is 0 Å². The van der Waals surface area contributed by atoms with Gasteiger partial charge < -0.3 is 4.74 Å². The van der Waals surface area contributed by atoms with E-state index >= 15 is 0 Å². The molecule has 2 aromatic rings. The molecule has 20 heavy (non-hydrogen) atoms. The third-order valence-electron chi connectivity index (χ3n) is 2.92. The summed E-state index contributed by atoms with van der Waals surface area (Å²) in [5, 5.41) is 0.865. The van der Waals surface area contributed by atoms with E-state index in [0.717, 1.165) is 17.9 Å². The number of benzene rings is 1. The Balaban J connectivity index is 2.02. The molecule has 1 heterocycles. The molecule has 0 aliphatic rings. The minimum atomic E-state index is 0.411. The summed E-state index contributed by atoms with van der Waals surface area (Å²) in [4.78, 5) is 6.20. The van der Waals surface area contributed by atoms with Crippen molar-refractivity contribution >= 4 is 23.2 Å². The van der Waals surface area contributed by atoms with Crippen LogP contribution in [0.4, 0.5) is 0 Å². The van der Waals surface area contributed by atoms with E-state index in [1.54, 1.807) is 13.2 Å². The van der Waals surface area contributed by atoms with Crippen molar-refractivity contribution in [2.75, 3.05) is 14.2 Å². The fraction of sp³-hybridized carbons (Fsp3) is 0.267. The SMILES string of the molecule is COc1cccc(CN(C)Cc2ccc(Cl)nc2Cl)c1. The van der Waals surface area contributed by atoms with Gasteiger partial charge in [-0.15, -0.1) is 0 Å². The first-order valence-corrected chi connectivity index (χ1v) is 6.96. The molecule has 106 valence electrons. The highest BCUT2D eigenvalue weighted by Gasteiger charge is 2.07. The molecule has 0 bridgehead atoms. The van der Waals surface area contributed by atoms with Crippen LogP contribution in [-0.2, 0) is 13.1 Å². The van der Waals surface area contributed by atoms with Crippen LogP contribution in [0, 0.1) is 0 Å². The monoisotopic (exact) mass is 310 g/mol. The maximum absolute atomic E-state index is 6.08. The molecule has 0 aliphatic carbocycles. The molecule has 0 amide bonds. The predicted octanol–water partition coefficient (Wildman–Crippen LogP) is 4.03. The van der Waals surface area contributed by atoms with Crippen LogP contribution in [0.5, 0.6) is 5.75 Å². The number of rotatable bonds is 5. The van der Waals surface area contributed by atoms with Gasteiger partial charge in [-0.3, -0.25) is 4.90 Å². The van der Waals surface area contributed by atoms with Gasteiger partial charge >= 0.3 is 0 Å². The van der Waals surface area contributed by atoms with Gasteiger partial charge in [0.1, 0.15) is 16.1 Å². The van der Waals surface area contributed by atoms with Gasteiger partial charge in [0.25, 0.3) is 0 Å². The second-order valence-electron chi connectivity index (χ2n) is 4.61. The molecule has 0 saturated carbocycles. The van der Waals surface area contributed by atoms with E-state index in [0.29, 0.717) is 16.9 Å². The van der Waals surface area contributed by atoms with Crippen LogP contribution < -0.4 is 4.74 Å². The second-order valence-corrected chi connectivity index (χ2v) is 5.35. The molecule has 0 radical (unpaired) electrons. The average Bonchev–Trinajstić information content (AvgIpc) is 2.42. The van der Waals surface area contributed by atoms with Gasteiger partial charge in [0.05, 0.1) is 7.11 Å². The zero-order valence-electron chi connectivity index (χ0n) is 11.4. The smallest absolute Gasteiger partial charge is 0.135 e. The summed E-state index contributed by atoms with van der Waals surface area (Å²) in [7, 11) is 3.70. The lowest BCUT2D eigenvalue weighted by molar-refractivity contribution is 0.318. The Bertz CT molecular complexity index is 590. The Labute approximate surface area is 129 Å². The van der Waals surface area contributed by atoms with Gasteiger partial charge in [0, 0.05) is 18.7 Å². The molecule has 0 N–H and O–H groups in total. The first-order valence-electron chi connectivity index (χ1n) is 6.21. The van der Waals surface area contributed by atoms with E-state index in [1.165, 1.54) is 5.56 Å². The largest absolute Gasteiger partial charge is 0.497 e. The van der Waals surface area contributed by atoms with E-state index in [4.69, 9.17) is 27.9 Å². The molecule has 0 spiro atoms. The lowest BCUT2D eigenvalue weighted by Crippen LogP contribution is -2.17. The lowest BCUT2D eigenvalue weighted by atomic mass is 10.2. The topological polar surface area (TPSA) is 25.4 Å². The fourth-order valence-electron chi connectivity index (χ4n) is 1.99. The van der Waals surface area contributed by atoms with Crippen molar-refractivity contribution in [2.24, 2.45) is 0 Å². The summed E-state index contributed by atoms with van der Waals surface area (Å²) < 4.78 is 5.22. The highest BCUT2D eigenvalue weighted by molar-refractivity contribution is 6.32. The number of nitrogens with zero attached hydrogens (tertiary/aromatic N) is 2. The van der Waals surface area contributed by atoms with E-state index in [1.807, 2.05) is 31.3 Å². The zero-order chi connectivity index (χ0) is 14.5. The standard InChI is InChI=1S/C15H16Cl2N2O/c1-19(9-11-4-3-5-13(8-11)20-2)10-12-6-7-14(16)18-15(12)17/h3-8H,9-10H2,1-2H3. The molecule has 0 saturated heterocycles. The van der Waals surface area contributed by atoms with Crippen molar-refractivity contribution in [3.8, 4) is 5.75 Å². The minimum Gasteiger partial charge on any atom is -0.497 e. The van der Waals surface area contributed by atoms with Crippen LogP contribution in [0.25, 0.3) is 0 Å². The molecule has 1 aromatic heterocycles. The van der Waals surface area contributed by atoms with Crippen LogP contribution >= 0.6 is 23.2 Å². The molecular formula is C15H16Cl2N2O. The van der Waals surface area contributed by atoms with Crippen molar-refractivity contribution in [1.82, 2.24) is 9.88 Å². The van der Waals surface area contributed by atoms with Gasteiger partial charge in [-0.2, -0.15) is 0 Å². The maximum atomic E-state index is 6.08. The molecule has 5 heteroatoms. The quantitative estimate of drug-likeness (QED) is 0.780. The number of halogens is 2. The molecule has 3 nitrogen and oxygen atoms in total. The third-order valence-corrected chi connectivity index (χ3v) is 3.46. The van der Waals surface area contributed by atoms with Crippen LogP contribution in [-0.4, -0.2) is 24.0 Å². The summed E-state index contributed by atoms with van der Waals surface area (Å²) in [6.45, 7) is 1.51. The number of hydrogen-bond acceptors (Lipinski definition) is 3. The van der Waals surface area contributed by atoms with Gasteiger partial charge in [0.2, 0.25) is 0 Å². The fourth-order valence-corrected chi connectivity index (χ4v) is 2.39. The summed E-state index contributed by atoms with van der Waals surface area (Å²) in [6.07, 6.45) is 0. The number of aromatic nitrogens is 1. The minimum absolute atomic E-state index is 0.411. The Morgan fingerprint density at radius 1 is 1.15 bits per heavy atom. The second kappa shape index (κ2) is 6.93. The van der Waals surface area contributed by atoms with E-state index in [9.17, 15) is 0 Å². The highest BCUT2D eigenvalue weighted by Crippen LogP contribution is 2.19. The van der Waals surface area contributed by atoms with Crippen LogP contribution in [0.3, 0.4) is 0 Å². The van der Waals surface area contributed by atoms with Crippen molar-refractivity contribution < 1.29 is 4.74 Å². The van der Waals surface area contributed by atoms with Gasteiger partial charge in [-0.05, 0) is 30.8 Å². The van der Waals surface area contributed by atoms with Crippen molar-refractivity contribution in [3.05, 3.63) is 57.8 Å². The molecular weight excluding hydrogens is 295 g/mol. The van der Waals surface area contributed by atoms with Gasteiger partial charge in [-0.1, -0.05) is 41.4 Å². The van der Waals surface area contributed by atoms with Crippen molar-refractivity contribution in [3.63, 3.8) is 0 Å². The highest BCUT2D eigenvalue weighted by atomic mass is 35.5. The number of ether oxygens (including phenoxy) is 1. The summed E-state index contributed by atoms with van der Waals surface area (Å²) >= 11 is 11.9. The summed E-state index contributed by atoms with van der Waals surface area (Å²) in [5.74, 6) is 0.863. The summed E-state index contributed by atoms with van der Waals surface area (Å²) in [6, 6.07) is 11.7. The Hall–Kier alpha value is -1.29. The summed E-state index contributed by atoms with van der Waals surface area (Å²) in [5.41, 5.74) is 2.14. The Morgan fingerprint density at radius 2 is 1.95 bits per heavy atom. The first kappa shape index (κ1) is 15.1. The Kier molecular flexibility index (Phi) is 5.24. The number of methoxy groups -OCH3 is 1. The van der Waals surface area contributed by atoms with E-state index in [2.05, 4.69) is 16.0 Å². The number of pyridine rings is 1. The zero-order valence-corrected chi connectivity index (χ0v) is 12.9. The van der Waals surface area contributed by atoms with Crippen molar-refractivity contribution in [1.29, 1.82) is 0 Å². The van der Waals surface area contributed by atoms with Gasteiger partial charge in [0.15, 0.2) is 0 Å².